The van der Waals surface area contributed by atoms with Crippen molar-refractivity contribution in [3.8, 4) is 0 Å². The zero-order valence-corrected chi connectivity index (χ0v) is 9.29. The molecule has 1 aliphatic heterocycles. The fourth-order valence-electron chi connectivity index (χ4n) is 1.37. The van der Waals surface area contributed by atoms with Crippen molar-refractivity contribution >= 4 is 29.3 Å². The third-order valence-electron chi connectivity index (χ3n) is 2.12. The van der Waals surface area contributed by atoms with E-state index in [1.165, 1.54) is 11.5 Å². The summed E-state index contributed by atoms with van der Waals surface area (Å²) in [6.45, 7) is 0. The van der Waals surface area contributed by atoms with Gasteiger partial charge in [-0.25, -0.2) is 0 Å². The molecular formula is C9H16ClNOS. The van der Waals surface area contributed by atoms with Crippen LogP contribution < -0.4 is 5.32 Å². The lowest BCUT2D eigenvalue weighted by molar-refractivity contribution is -0.121. The van der Waals surface area contributed by atoms with Crippen LogP contribution in [0.25, 0.3) is 0 Å². The van der Waals surface area contributed by atoms with E-state index in [9.17, 15) is 4.79 Å². The van der Waals surface area contributed by atoms with E-state index >= 15 is 0 Å². The number of thioether (sulfide) groups is 1. The minimum Gasteiger partial charge on any atom is -0.353 e. The Hall–Kier alpha value is 0.110. The van der Waals surface area contributed by atoms with Gasteiger partial charge in [-0.05, 0) is 30.8 Å². The van der Waals surface area contributed by atoms with Crippen LogP contribution in [-0.4, -0.2) is 29.3 Å². The molecule has 0 atom stereocenters. The Bertz CT molecular complexity index is 160. The third kappa shape index (κ3) is 4.77. The summed E-state index contributed by atoms with van der Waals surface area (Å²) in [5.74, 6) is 3.10. The number of alkyl halides is 1. The number of hydrogen-bond acceptors (Lipinski definition) is 2. The van der Waals surface area contributed by atoms with E-state index in [-0.39, 0.29) is 5.91 Å². The van der Waals surface area contributed by atoms with Crippen molar-refractivity contribution in [2.45, 2.75) is 31.7 Å². The molecule has 2 nitrogen and oxygen atoms in total. The van der Waals surface area contributed by atoms with Gasteiger partial charge < -0.3 is 5.32 Å². The Labute approximate surface area is 88.8 Å². The first kappa shape index (κ1) is 11.2. The minimum absolute atomic E-state index is 0.164. The molecule has 4 heteroatoms. The van der Waals surface area contributed by atoms with Crippen LogP contribution in [0.15, 0.2) is 0 Å². The van der Waals surface area contributed by atoms with Gasteiger partial charge in [-0.1, -0.05) is 0 Å². The minimum atomic E-state index is 0.164. The summed E-state index contributed by atoms with van der Waals surface area (Å²) in [5, 5.41) is 3.04. The number of rotatable bonds is 4. The Kier molecular flexibility index (Phi) is 5.63. The molecule has 0 bridgehead atoms. The first-order valence-corrected chi connectivity index (χ1v) is 6.45. The predicted molar refractivity (Wildman–Crippen MR) is 58.4 cm³/mol. The average Bonchev–Trinajstić information content (AvgIpc) is 2.16. The Morgan fingerprint density at radius 3 is 2.77 bits per heavy atom. The number of halogens is 1. The quantitative estimate of drug-likeness (QED) is 0.736. The van der Waals surface area contributed by atoms with Crippen molar-refractivity contribution in [3.05, 3.63) is 0 Å². The maximum atomic E-state index is 11.3. The lowest BCUT2D eigenvalue weighted by Crippen LogP contribution is -2.37. The molecule has 0 aromatic rings. The van der Waals surface area contributed by atoms with Crippen molar-refractivity contribution in [2.24, 2.45) is 0 Å². The van der Waals surface area contributed by atoms with Gasteiger partial charge in [0.25, 0.3) is 0 Å². The first-order chi connectivity index (χ1) is 6.33. The number of hydrogen-bond donors (Lipinski definition) is 1. The highest BCUT2D eigenvalue weighted by Gasteiger charge is 2.15. The van der Waals surface area contributed by atoms with Gasteiger partial charge in [0.05, 0.1) is 0 Å². The van der Waals surface area contributed by atoms with E-state index in [1.54, 1.807) is 0 Å². The first-order valence-electron chi connectivity index (χ1n) is 4.76. The molecule has 0 aliphatic carbocycles. The smallest absolute Gasteiger partial charge is 0.220 e. The average molecular weight is 222 g/mol. The van der Waals surface area contributed by atoms with Gasteiger partial charge in [-0.2, -0.15) is 11.8 Å². The molecule has 76 valence electrons. The molecule has 0 saturated carbocycles. The Morgan fingerprint density at radius 2 is 2.15 bits per heavy atom. The molecule has 0 radical (unpaired) electrons. The van der Waals surface area contributed by atoms with E-state index in [1.807, 2.05) is 11.8 Å². The van der Waals surface area contributed by atoms with E-state index in [2.05, 4.69) is 5.32 Å². The molecule has 0 aromatic heterocycles. The second kappa shape index (κ2) is 6.55. The van der Waals surface area contributed by atoms with Gasteiger partial charge in [0, 0.05) is 18.3 Å². The molecule has 0 spiro atoms. The van der Waals surface area contributed by atoms with Crippen molar-refractivity contribution in [3.63, 3.8) is 0 Å². The van der Waals surface area contributed by atoms with E-state index in [0.29, 0.717) is 18.3 Å². The zero-order valence-electron chi connectivity index (χ0n) is 7.72. The molecule has 1 saturated heterocycles. The number of nitrogens with one attached hydrogen (secondary N) is 1. The van der Waals surface area contributed by atoms with Crippen LogP contribution in [-0.2, 0) is 4.79 Å². The Morgan fingerprint density at radius 1 is 1.46 bits per heavy atom. The highest BCUT2D eigenvalue weighted by atomic mass is 35.5. The fourth-order valence-corrected chi connectivity index (χ4v) is 2.61. The summed E-state index contributed by atoms with van der Waals surface area (Å²) in [5.41, 5.74) is 0. The van der Waals surface area contributed by atoms with E-state index in [4.69, 9.17) is 11.6 Å². The molecule has 1 fully saturated rings. The zero-order chi connectivity index (χ0) is 9.52. The predicted octanol–water partition coefficient (Wildman–Crippen LogP) is 2.02. The highest BCUT2D eigenvalue weighted by molar-refractivity contribution is 7.99. The van der Waals surface area contributed by atoms with Gasteiger partial charge in [0.15, 0.2) is 0 Å². The third-order valence-corrected chi connectivity index (χ3v) is 3.44. The molecular weight excluding hydrogens is 206 g/mol. The van der Waals surface area contributed by atoms with Gasteiger partial charge in [0.1, 0.15) is 0 Å². The highest BCUT2D eigenvalue weighted by Crippen LogP contribution is 2.16. The Balaban J connectivity index is 2.11. The lowest BCUT2D eigenvalue weighted by Gasteiger charge is -2.22. The standard InChI is InChI=1S/C9H16ClNOS/c10-5-1-2-9(12)11-8-3-6-13-7-4-8/h8H,1-7H2,(H,11,12). The van der Waals surface area contributed by atoms with Crippen molar-refractivity contribution in [1.82, 2.24) is 5.32 Å². The maximum Gasteiger partial charge on any atom is 0.220 e. The molecule has 0 aromatic carbocycles. The summed E-state index contributed by atoms with van der Waals surface area (Å²) < 4.78 is 0. The van der Waals surface area contributed by atoms with Crippen LogP contribution in [0, 0.1) is 0 Å². The van der Waals surface area contributed by atoms with Crippen LogP contribution in [0.2, 0.25) is 0 Å². The van der Waals surface area contributed by atoms with Crippen LogP contribution >= 0.6 is 23.4 Å². The molecule has 1 N–H and O–H groups in total. The molecule has 1 heterocycles. The number of carbonyl (C=O) groups excluding carboxylic acids is 1. The van der Waals surface area contributed by atoms with Crippen LogP contribution in [0.5, 0.6) is 0 Å². The molecule has 13 heavy (non-hydrogen) atoms. The topological polar surface area (TPSA) is 29.1 Å². The largest absolute Gasteiger partial charge is 0.353 e. The van der Waals surface area contributed by atoms with Gasteiger partial charge >= 0.3 is 0 Å². The number of amides is 1. The van der Waals surface area contributed by atoms with E-state index in [0.717, 1.165) is 19.3 Å². The van der Waals surface area contributed by atoms with Crippen LogP contribution in [0.1, 0.15) is 25.7 Å². The molecule has 1 amide bonds. The summed E-state index contributed by atoms with van der Waals surface area (Å²) in [6.07, 6.45) is 3.61. The van der Waals surface area contributed by atoms with Crippen molar-refractivity contribution in [1.29, 1.82) is 0 Å². The van der Waals surface area contributed by atoms with Crippen LogP contribution in [0.3, 0.4) is 0 Å². The van der Waals surface area contributed by atoms with Crippen LogP contribution in [0.4, 0.5) is 0 Å². The number of carbonyl (C=O) groups is 1. The normalized spacial score (nSPS) is 18.5. The summed E-state index contributed by atoms with van der Waals surface area (Å²) in [4.78, 5) is 11.3. The van der Waals surface area contributed by atoms with Crippen molar-refractivity contribution < 1.29 is 4.79 Å². The molecule has 0 unspecified atom stereocenters. The summed E-state index contributed by atoms with van der Waals surface area (Å²) >= 11 is 7.48. The summed E-state index contributed by atoms with van der Waals surface area (Å²) in [6, 6.07) is 0.420. The molecule has 1 aliphatic rings. The molecule has 1 rings (SSSR count). The van der Waals surface area contributed by atoms with Crippen molar-refractivity contribution in [2.75, 3.05) is 17.4 Å². The van der Waals surface area contributed by atoms with Gasteiger partial charge in [0.2, 0.25) is 5.91 Å². The van der Waals surface area contributed by atoms with Gasteiger partial charge in [-0.15, -0.1) is 11.6 Å². The second-order valence-corrected chi connectivity index (χ2v) is 4.85. The second-order valence-electron chi connectivity index (χ2n) is 3.25. The maximum absolute atomic E-state index is 11.3. The SMILES string of the molecule is O=C(CCCCl)NC1CCSCC1. The monoisotopic (exact) mass is 221 g/mol. The van der Waals surface area contributed by atoms with Gasteiger partial charge in [-0.3, -0.25) is 4.79 Å². The lowest BCUT2D eigenvalue weighted by atomic mass is 10.1. The fraction of sp³-hybridized carbons (Fsp3) is 0.889. The summed E-state index contributed by atoms with van der Waals surface area (Å²) in [7, 11) is 0. The van der Waals surface area contributed by atoms with E-state index < -0.39 is 0 Å².